The minimum Gasteiger partial charge on any atom is -0.481 e. The standard InChI is InChI=1S/C15H27NO2/c1-13-6-5-8-15(9-7-13,12-14(17)18)16-10-3-2-4-11-16/h13H,2-12H2,1H3,(H,17,18). The number of hydrogen-bond donors (Lipinski definition) is 1. The van der Waals surface area contributed by atoms with Crippen LogP contribution < -0.4 is 0 Å². The number of rotatable bonds is 3. The summed E-state index contributed by atoms with van der Waals surface area (Å²) < 4.78 is 0. The molecule has 0 amide bonds. The Morgan fingerprint density at radius 1 is 1.17 bits per heavy atom. The van der Waals surface area contributed by atoms with Gasteiger partial charge < -0.3 is 5.11 Å². The highest BCUT2D eigenvalue weighted by molar-refractivity contribution is 5.68. The van der Waals surface area contributed by atoms with Gasteiger partial charge in [-0.05, 0) is 51.1 Å². The Morgan fingerprint density at radius 2 is 1.89 bits per heavy atom. The molecular formula is C15H27NO2. The van der Waals surface area contributed by atoms with Crippen LogP contribution in [0.2, 0.25) is 0 Å². The van der Waals surface area contributed by atoms with E-state index in [4.69, 9.17) is 0 Å². The van der Waals surface area contributed by atoms with Gasteiger partial charge in [0.1, 0.15) is 0 Å². The van der Waals surface area contributed by atoms with E-state index in [2.05, 4.69) is 11.8 Å². The van der Waals surface area contributed by atoms with Crippen molar-refractivity contribution in [2.24, 2.45) is 5.92 Å². The van der Waals surface area contributed by atoms with Crippen LogP contribution >= 0.6 is 0 Å². The van der Waals surface area contributed by atoms with E-state index in [1.165, 1.54) is 38.5 Å². The molecule has 1 aliphatic heterocycles. The highest BCUT2D eigenvalue weighted by atomic mass is 16.4. The fourth-order valence-electron chi connectivity index (χ4n) is 3.82. The van der Waals surface area contributed by atoms with Crippen LogP contribution in [0.1, 0.15) is 64.7 Å². The summed E-state index contributed by atoms with van der Waals surface area (Å²) in [5.74, 6) is 0.153. The van der Waals surface area contributed by atoms with Gasteiger partial charge >= 0.3 is 5.97 Å². The summed E-state index contributed by atoms with van der Waals surface area (Å²) in [7, 11) is 0. The Bertz CT molecular complexity index is 286. The average molecular weight is 253 g/mol. The Kier molecular flexibility index (Phi) is 4.66. The first-order chi connectivity index (χ1) is 8.62. The Balaban J connectivity index is 2.12. The Labute approximate surface area is 111 Å². The molecule has 0 radical (unpaired) electrons. The maximum Gasteiger partial charge on any atom is 0.305 e. The van der Waals surface area contributed by atoms with Crippen molar-refractivity contribution >= 4 is 5.97 Å². The van der Waals surface area contributed by atoms with Gasteiger partial charge in [-0.15, -0.1) is 0 Å². The molecule has 0 aromatic heterocycles. The van der Waals surface area contributed by atoms with Crippen LogP contribution in [0.5, 0.6) is 0 Å². The third kappa shape index (κ3) is 3.25. The molecule has 1 N–H and O–H groups in total. The van der Waals surface area contributed by atoms with Crippen molar-refractivity contribution in [2.75, 3.05) is 13.1 Å². The molecule has 1 heterocycles. The topological polar surface area (TPSA) is 40.5 Å². The van der Waals surface area contributed by atoms with Crippen LogP contribution in [0.25, 0.3) is 0 Å². The van der Waals surface area contributed by atoms with E-state index in [0.29, 0.717) is 6.42 Å². The maximum atomic E-state index is 11.3. The van der Waals surface area contributed by atoms with Gasteiger partial charge in [0.05, 0.1) is 6.42 Å². The molecule has 2 aliphatic rings. The molecule has 0 aromatic carbocycles. The number of hydrogen-bond acceptors (Lipinski definition) is 2. The van der Waals surface area contributed by atoms with Crippen LogP contribution in [0, 0.1) is 5.92 Å². The van der Waals surface area contributed by atoms with Gasteiger partial charge in [-0.2, -0.15) is 0 Å². The summed E-state index contributed by atoms with van der Waals surface area (Å²) in [4.78, 5) is 13.8. The first-order valence-electron chi connectivity index (χ1n) is 7.59. The van der Waals surface area contributed by atoms with Gasteiger partial charge in [-0.3, -0.25) is 9.69 Å². The maximum absolute atomic E-state index is 11.3. The van der Waals surface area contributed by atoms with E-state index in [0.717, 1.165) is 31.8 Å². The molecule has 1 aliphatic carbocycles. The normalized spacial score (nSPS) is 35.1. The van der Waals surface area contributed by atoms with Crippen molar-refractivity contribution in [3.63, 3.8) is 0 Å². The summed E-state index contributed by atoms with van der Waals surface area (Å²) in [6, 6.07) is 0. The van der Waals surface area contributed by atoms with Gasteiger partial charge in [0, 0.05) is 5.54 Å². The third-order valence-electron chi connectivity index (χ3n) is 4.95. The van der Waals surface area contributed by atoms with Gasteiger partial charge in [0.15, 0.2) is 0 Å². The lowest BCUT2D eigenvalue weighted by Crippen LogP contribution is -2.52. The van der Waals surface area contributed by atoms with Crippen molar-refractivity contribution in [3.05, 3.63) is 0 Å². The fraction of sp³-hybridized carbons (Fsp3) is 0.933. The van der Waals surface area contributed by atoms with Crippen LogP contribution in [0.3, 0.4) is 0 Å². The number of aliphatic carboxylic acids is 1. The summed E-state index contributed by atoms with van der Waals surface area (Å²) in [6.45, 7) is 4.54. The molecule has 18 heavy (non-hydrogen) atoms. The molecule has 2 fully saturated rings. The molecule has 2 atom stereocenters. The van der Waals surface area contributed by atoms with Crippen LogP contribution in [-0.4, -0.2) is 34.6 Å². The number of carboxylic acids is 1. The lowest BCUT2D eigenvalue weighted by molar-refractivity contribution is -0.141. The lowest BCUT2D eigenvalue weighted by Gasteiger charge is -2.45. The summed E-state index contributed by atoms with van der Waals surface area (Å²) in [5.41, 5.74) is -0.0307. The smallest absolute Gasteiger partial charge is 0.305 e. The van der Waals surface area contributed by atoms with E-state index in [-0.39, 0.29) is 5.54 Å². The third-order valence-corrected chi connectivity index (χ3v) is 4.95. The fourth-order valence-corrected chi connectivity index (χ4v) is 3.82. The molecule has 1 saturated heterocycles. The highest BCUT2D eigenvalue weighted by Gasteiger charge is 2.40. The number of carbonyl (C=O) groups is 1. The second-order valence-corrected chi connectivity index (χ2v) is 6.38. The summed E-state index contributed by atoms with van der Waals surface area (Å²) in [6.07, 6.45) is 10.00. The zero-order valence-electron chi connectivity index (χ0n) is 11.7. The van der Waals surface area contributed by atoms with Gasteiger partial charge in [-0.1, -0.05) is 26.2 Å². The molecule has 3 heteroatoms. The van der Waals surface area contributed by atoms with Gasteiger partial charge in [0.25, 0.3) is 0 Å². The van der Waals surface area contributed by atoms with E-state index >= 15 is 0 Å². The van der Waals surface area contributed by atoms with E-state index < -0.39 is 5.97 Å². The molecule has 0 aromatic rings. The minimum absolute atomic E-state index is 0.0307. The molecule has 1 saturated carbocycles. The van der Waals surface area contributed by atoms with Crippen LogP contribution in [0.15, 0.2) is 0 Å². The zero-order chi connectivity index (χ0) is 13.0. The number of nitrogens with zero attached hydrogens (tertiary/aromatic N) is 1. The highest BCUT2D eigenvalue weighted by Crippen LogP contribution is 2.38. The van der Waals surface area contributed by atoms with Crippen molar-refractivity contribution < 1.29 is 9.90 Å². The Hall–Kier alpha value is -0.570. The van der Waals surface area contributed by atoms with Crippen molar-refractivity contribution in [1.82, 2.24) is 4.90 Å². The first kappa shape index (κ1) is 13.9. The number of carboxylic acid groups (broad SMARTS) is 1. The molecule has 2 unspecified atom stereocenters. The van der Waals surface area contributed by atoms with Crippen molar-refractivity contribution in [3.8, 4) is 0 Å². The zero-order valence-corrected chi connectivity index (χ0v) is 11.7. The van der Waals surface area contributed by atoms with Crippen LogP contribution in [0.4, 0.5) is 0 Å². The molecule has 104 valence electrons. The summed E-state index contributed by atoms with van der Waals surface area (Å²) in [5, 5.41) is 9.29. The van der Waals surface area contributed by atoms with Gasteiger partial charge in [-0.25, -0.2) is 0 Å². The predicted molar refractivity (Wildman–Crippen MR) is 72.7 cm³/mol. The molecule has 0 spiro atoms. The monoisotopic (exact) mass is 253 g/mol. The number of piperidine rings is 1. The SMILES string of the molecule is CC1CCCC(CC(=O)O)(N2CCCCC2)CC1. The Morgan fingerprint density at radius 3 is 2.56 bits per heavy atom. The van der Waals surface area contributed by atoms with E-state index in [1.54, 1.807) is 0 Å². The predicted octanol–water partition coefficient (Wildman–Crippen LogP) is 3.29. The second-order valence-electron chi connectivity index (χ2n) is 6.38. The summed E-state index contributed by atoms with van der Waals surface area (Å²) >= 11 is 0. The molecule has 3 nitrogen and oxygen atoms in total. The van der Waals surface area contributed by atoms with Crippen LogP contribution in [-0.2, 0) is 4.79 Å². The molecule has 0 bridgehead atoms. The largest absolute Gasteiger partial charge is 0.481 e. The minimum atomic E-state index is -0.616. The second kappa shape index (κ2) is 6.05. The van der Waals surface area contributed by atoms with E-state index in [1.807, 2.05) is 0 Å². The average Bonchev–Trinajstić information content (AvgIpc) is 2.53. The van der Waals surface area contributed by atoms with Gasteiger partial charge in [0.2, 0.25) is 0 Å². The lowest BCUT2D eigenvalue weighted by atomic mass is 9.83. The van der Waals surface area contributed by atoms with E-state index in [9.17, 15) is 9.90 Å². The number of likely N-dealkylation sites (tertiary alicyclic amines) is 1. The quantitative estimate of drug-likeness (QED) is 0.785. The molecular weight excluding hydrogens is 226 g/mol. The van der Waals surface area contributed by atoms with Crippen molar-refractivity contribution in [1.29, 1.82) is 0 Å². The molecule has 2 rings (SSSR count). The van der Waals surface area contributed by atoms with Crippen molar-refractivity contribution in [2.45, 2.75) is 70.3 Å². The first-order valence-corrected chi connectivity index (χ1v) is 7.59.